The standard InChI is InChI=1S/C28H32N6O3S/c1-16-11-20(21-12-23(17-5-6-17)31-15-24(21)37-4)22(14-29-16)26(35)32-27-34-33-25(38-27)10-9-19-8-7-18(13-30-19)28(2,3)36/h7-8,11-15,17,19,30,36H,5-6,9-10H2,1-4H3,(H,32,34,35). The molecule has 0 aromatic carbocycles. The Balaban J connectivity index is 1.28. The van der Waals surface area contributed by atoms with Crippen molar-refractivity contribution < 1.29 is 14.6 Å². The van der Waals surface area contributed by atoms with E-state index in [1.165, 1.54) is 11.3 Å². The highest BCUT2D eigenvalue weighted by atomic mass is 32.1. The van der Waals surface area contributed by atoms with Crippen molar-refractivity contribution in [1.82, 2.24) is 25.5 Å². The predicted molar refractivity (Wildman–Crippen MR) is 147 cm³/mol. The second kappa shape index (κ2) is 10.6. The van der Waals surface area contributed by atoms with Gasteiger partial charge in [-0.05, 0) is 57.7 Å². The molecule has 0 spiro atoms. The topological polar surface area (TPSA) is 122 Å². The number of hydrogen-bond acceptors (Lipinski definition) is 9. The van der Waals surface area contributed by atoms with Gasteiger partial charge in [0.25, 0.3) is 5.91 Å². The maximum absolute atomic E-state index is 13.4. The number of ether oxygens (including phenoxy) is 1. The Bertz CT molecular complexity index is 1400. The Kier molecular flexibility index (Phi) is 7.27. The number of carbonyl (C=O) groups excluding carboxylic acids is 1. The van der Waals surface area contributed by atoms with Gasteiger partial charge in [0, 0.05) is 53.3 Å². The van der Waals surface area contributed by atoms with Gasteiger partial charge in [0.05, 0.1) is 24.5 Å². The smallest absolute Gasteiger partial charge is 0.259 e. The average Bonchev–Trinajstić information content (AvgIpc) is 3.66. The number of anilines is 1. The number of nitrogens with one attached hydrogen (secondary N) is 2. The van der Waals surface area contributed by atoms with Crippen LogP contribution < -0.4 is 15.4 Å². The van der Waals surface area contributed by atoms with Crippen LogP contribution in [0.15, 0.2) is 48.5 Å². The summed E-state index contributed by atoms with van der Waals surface area (Å²) in [5.41, 5.74) is 3.79. The normalized spacial score (nSPS) is 17.1. The predicted octanol–water partition coefficient (Wildman–Crippen LogP) is 4.56. The first kappa shape index (κ1) is 26.0. The number of rotatable bonds is 9. The highest BCUT2D eigenvalue weighted by Gasteiger charge is 2.27. The molecule has 0 bridgehead atoms. The molecule has 198 valence electrons. The van der Waals surface area contributed by atoms with Gasteiger partial charge in [-0.3, -0.25) is 20.1 Å². The second-order valence-electron chi connectivity index (χ2n) is 10.2. The average molecular weight is 533 g/mol. The molecule has 0 saturated heterocycles. The van der Waals surface area contributed by atoms with Crippen LogP contribution in [0, 0.1) is 6.92 Å². The minimum atomic E-state index is -0.879. The van der Waals surface area contributed by atoms with Crippen LogP contribution >= 0.6 is 11.3 Å². The first-order chi connectivity index (χ1) is 18.2. The number of carbonyl (C=O) groups is 1. The molecule has 1 atom stereocenters. The number of methoxy groups -OCH3 is 1. The van der Waals surface area contributed by atoms with Gasteiger partial charge in [-0.15, -0.1) is 10.2 Å². The summed E-state index contributed by atoms with van der Waals surface area (Å²) < 4.78 is 5.59. The molecule has 10 heteroatoms. The van der Waals surface area contributed by atoms with E-state index in [1.54, 1.807) is 33.4 Å². The number of pyridine rings is 2. The van der Waals surface area contributed by atoms with Crippen molar-refractivity contribution in [3.05, 3.63) is 70.4 Å². The number of aryl methyl sites for hydroxylation is 2. The quantitative estimate of drug-likeness (QED) is 0.367. The van der Waals surface area contributed by atoms with Crippen molar-refractivity contribution in [2.45, 2.75) is 64.0 Å². The summed E-state index contributed by atoms with van der Waals surface area (Å²) >= 11 is 1.36. The van der Waals surface area contributed by atoms with E-state index in [1.807, 2.05) is 37.4 Å². The fourth-order valence-electron chi connectivity index (χ4n) is 4.33. The summed E-state index contributed by atoms with van der Waals surface area (Å²) in [4.78, 5) is 22.3. The zero-order valence-corrected chi connectivity index (χ0v) is 22.8. The molecule has 1 fully saturated rings. The molecule has 3 aromatic rings. The summed E-state index contributed by atoms with van der Waals surface area (Å²) in [5.74, 6) is 0.781. The van der Waals surface area contributed by atoms with Crippen LogP contribution in [-0.4, -0.2) is 49.9 Å². The van der Waals surface area contributed by atoms with Crippen LogP contribution in [-0.2, 0) is 6.42 Å². The lowest BCUT2D eigenvalue weighted by Crippen LogP contribution is -2.31. The number of dihydropyridines is 1. The third kappa shape index (κ3) is 5.92. The number of aliphatic hydroxyl groups is 1. The fourth-order valence-corrected chi connectivity index (χ4v) is 5.08. The van der Waals surface area contributed by atoms with Gasteiger partial charge in [-0.25, -0.2) is 0 Å². The Morgan fingerprint density at radius 2 is 2.03 bits per heavy atom. The molecule has 4 heterocycles. The number of aromatic nitrogens is 4. The lowest BCUT2D eigenvalue weighted by Gasteiger charge is -2.25. The molecule has 5 rings (SSSR count). The Morgan fingerprint density at radius 3 is 2.71 bits per heavy atom. The summed E-state index contributed by atoms with van der Waals surface area (Å²) in [6, 6.07) is 4.07. The first-order valence-corrected chi connectivity index (χ1v) is 13.5. The molecule has 1 aliphatic heterocycles. The van der Waals surface area contributed by atoms with E-state index < -0.39 is 5.60 Å². The summed E-state index contributed by atoms with van der Waals surface area (Å²) in [5, 5.41) is 26.1. The lowest BCUT2D eigenvalue weighted by molar-refractivity contribution is 0.102. The highest BCUT2D eigenvalue weighted by molar-refractivity contribution is 7.15. The van der Waals surface area contributed by atoms with Crippen molar-refractivity contribution in [2.75, 3.05) is 12.4 Å². The molecule has 1 saturated carbocycles. The third-order valence-corrected chi connectivity index (χ3v) is 7.60. The third-order valence-electron chi connectivity index (χ3n) is 6.70. The molecule has 1 aliphatic carbocycles. The minimum absolute atomic E-state index is 0.139. The van der Waals surface area contributed by atoms with Crippen LogP contribution in [0.5, 0.6) is 5.75 Å². The number of hydrogen-bond donors (Lipinski definition) is 3. The molecule has 1 unspecified atom stereocenters. The van der Waals surface area contributed by atoms with Crippen molar-refractivity contribution in [3.8, 4) is 16.9 Å². The van der Waals surface area contributed by atoms with E-state index in [9.17, 15) is 9.90 Å². The zero-order chi connectivity index (χ0) is 26.9. The first-order valence-electron chi connectivity index (χ1n) is 12.7. The van der Waals surface area contributed by atoms with E-state index >= 15 is 0 Å². The Morgan fingerprint density at radius 1 is 1.21 bits per heavy atom. The van der Waals surface area contributed by atoms with Gasteiger partial charge in [0.1, 0.15) is 10.8 Å². The Hall–Kier alpha value is -3.63. The van der Waals surface area contributed by atoms with Gasteiger partial charge >= 0.3 is 0 Å². The van der Waals surface area contributed by atoms with E-state index in [0.29, 0.717) is 28.8 Å². The summed E-state index contributed by atoms with van der Waals surface area (Å²) in [7, 11) is 1.61. The van der Waals surface area contributed by atoms with Crippen LogP contribution in [0.3, 0.4) is 0 Å². The number of nitrogens with zero attached hydrogens (tertiary/aromatic N) is 4. The van der Waals surface area contributed by atoms with Gasteiger partial charge in [-0.2, -0.15) is 0 Å². The lowest BCUT2D eigenvalue weighted by atomic mass is 9.95. The highest BCUT2D eigenvalue weighted by Crippen LogP contribution is 2.42. The maximum atomic E-state index is 13.4. The maximum Gasteiger partial charge on any atom is 0.259 e. The monoisotopic (exact) mass is 532 g/mol. The zero-order valence-electron chi connectivity index (χ0n) is 22.0. The van der Waals surface area contributed by atoms with Gasteiger partial charge in [-0.1, -0.05) is 23.5 Å². The largest absolute Gasteiger partial charge is 0.494 e. The van der Waals surface area contributed by atoms with Gasteiger partial charge in [0.15, 0.2) is 0 Å². The van der Waals surface area contributed by atoms with E-state index in [4.69, 9.17) is 4.74 Å². The number of amides is 1. The second-order valence-corrected chi connectivity index (χ2v) is 11.3. The van der Waals surface area contributed by atoms with Crippen molar-refractivity contribution in [3.63, 3.8) is 0 Å². The molecule has 3 N–H and O–H groups in total. The van der Waals surface area contributed by atoms with Crippen LogP contribution in [0.4, 0.5) is 5.13 Å². The van der Waals surface area contributed by atoms with Crippen molar-refractivity contribution in [2.24, 2.45) is 0 Å². The molecule has 9 nitrogen and oxygen atoms in total. The van der Waals surface area contributed by atoms with Crippen LogP contribution in [0.25, 0.3) is 11.1 Å². The van der Waals surface area contributed by atoms with Crippen LogP contribution in [0.1, 0.15) is 65.8 Å². The van der Waals surface area contributed by atoms with Gasteiger partial charge < -0.3 is 15.2 Å². The molecule has 38 heavy (non-hydrogen) atoms. The van der Waals surface area contributed by atoms with E-state index in [-0.39, 0.29) is 11.9 Å². The minimum Gasteiger partial charge on any atom is -0.494 e. The molecule has 0 radical (unpaired) electrons. The van der Waals surface area contributed by atoms with Crippen molar-refractivity contribution >= 4 is 22.4 Å². The summed E-state index contributed by atoms with van der Waals surface area (Å²) in [6.07, 6.45) is 13.0. The van der Waals surface area contributed by atoms with Crippen LogP contribution in [0.2, 0.25) is 0 Å². The van der Waals surface area contributed by atoms with Crippen molar-refractivity contribution in [1.29, 1.82) is 0 Å². The van der Waals surface area contributed by atoms with E-state index in [0.717, 1.165) is 52.4 Å². The molecule has 2 aliphatic rings. The molecule has 1 amide bonds. The summed E-state index contributed by atoms with van der Waals surface area (Å²) in [6.45, 7) is 5.42. The fraction of sp³-hybridized carbons (Fsp3) is 0.393. The van der Waals surface area contributed by atoms with E-state index in [2.05, 4.69) is 30.8 Å². The Labute approximate surface area is 226 Å². The molecular formula is C28H32N6O3S. The molecule has 3 aromatic heterocycles. The van der Waals surface area contributed by atoms with Gasteiger partial charge in [0.2, 0.25) is 5.13 Å². The SMILES string of the molecule is COc1cnc(C2CC2)cc1-c1cc(C)ncc1C(=O)Nc1nnc(CCC2C=CC(C(C)(C)O)=CN2)s1. The molecular weight excluding hydrogens is 500 g/mol.